The second-order valence-corrected chi connectivity index (χ2v) is 9.14. The molecule has 0 aromatic heterocycles. The zero-order chi connectivity index (χ0) is 11.8. The summed E-state index contributed by atoms with van der Waals surface area (Å²) in [4.78, 5) is 0. The van der Waals surface area contributed by atoms with E-state index < -0.39 is 0 Å². The molecule has 0 aromatic rings. The number of rotatable bonds is 0. The van der Waals surface area contributed by atoms with Crippen LogP contribution in [0.25, 0.3) is 0 Å². The Kier molecular flexibility index (Phi) is 4.02. The van der Waals surface area contributed by atoms with Crippen molar-refractivity contribution in [1.29, 1.82) is 0 Å². The van der Waals surface area contributed by atoms with Crippen LogP contribution in [-0.2, 0) is 0 Å². The molecule has 0 rings (SSSR count). The van der Waals surface area contributed by atoms with Crippen LogP contribution in [0.1, 0.15) is 62.3 Å². The van der Waals surface area contributed by atoms with Crippen molar-refractivity contribution in [3.8, 4) is 0 Å². The van der Waals surface area contributed by atoms with E-state index >= 15 is 0 Å². The largest absolute Gasteiger partial charge is 0.0983 e. The second-order valence-electron chi connectivity index (χ2n) is 7.13. The van der Waals surface area contributed by atoms with E-state index in [-0.39, 0.29) is 0 Å². The molecule has 0 amide bonds. The highest BCUT2D eigenvalue weighted by atomic mass is 31.1. The number of hydrogen-bond donors (Lipinski definition) is 0. The average Bonchev–Trinajstić information content (AvgIpc) is 1.75. The molecule has 84 valence electrons. The van der Waals surface area contributed by atoms with E-state index in [9.17, 15) is 0 Å². The van der Waals surface area contributed by atoms with Gasteiger partial charge in [-0.1, -0.05) is 70.5 Å². The van der Waals surface area contributed by atoms with E-state index in [1.54, 1.807) is 5.29 Å². The van der Waals surface area contributed by atoms with Crippen molar-refractivity contribution in [3.05, 3.63) is 0 Å². The van der Waals surface area contributed by atoms with Crippen LogP contribution in [0.3, 0.4) is 0 Å². The highest BCUT2D eigenvalue weighted by Crippen LogP contribution is 2.38. The normalized spacial score (nSPS) is 14.6. The summed E-state index contributed by atoms with van der Waals surface area (Å²) in [6.07, 6.45) is 0. The molecule has 0 N–H and O–H groups in total. The first-order valence-electron chi connectivity index (χ1n) is 5.45. The van der Waals surface area contributed by atoms with Crippen LogP contribution in [0.5, 0.6) is 0 Å². The van der Waals surface area contributed by atoms with E-state index in [1.807, 2.05) is 0 Å². The summed E-state index contributed by atoms with van der Waals surface area (Å²) >= 11 is 0. The van der Waals surface area contributed by atoms with Gasteiger partial charge in [0.05, 0.1) is 0 Å². The van der Waals surface area contributed by atoms with E-state index in [0.29, 0.717) is 16.0 Å². The lowest BCUT2D eigenvalue weighted by molar-refractivity contribution is 0.492. The Hall–Kier alpha value is 0.170. The van der Waals surface area contributed by atoms with Gasteiger partial charge in [-0.25, -0.2) is 0 Å². The molecule has 1 heteroatoms. The van der Waals surface area contributed by atoms with Crippen molar-refractivity contribution in [2.24, 2.45) is 10.8 Å². The summed E-state index contributed by atoms with van der Waals surface area (Å²) in [6.45, 7) is 20.9. The molecule has 0 unspecified atom stereocenters. The zero-order valence-corrected chi connectivity index (χ0v) is 12.3. The molecule has 0 fully saturated rings. The van der Waals surface area contributed by atoms with Crippen LogP contribution in [0, 0.1) is 10.8 Å². The lowest BCUT2D eigenvalue weighted by Crippen LogP contribution is -2.32. The third-order valence-corrected chi connectivity index (χ3v) is 4.10. The van der Waals surface area contributed by atoms with Crippen molar-refractivity contribution in [1.82, 2.24) is 0 Å². The quantitative estimate of drug-likeness (QED) is 0.498. The molecule has 0 atom stereocenters. The Balaban J connectivity index is 5.26. The zero-order valence-electron chi connectivity index (χ0n) is 11.4. The Morgan fingerprint density at radius 1 is 0.643 bits per heavy atom. The summed E-state index contributed by atoms with van der Waals surface area (Å²) in [6, 6.07) is 0. The minimum atomic E-state index is 0.313. The van der Waals surface area contributed by atoms with Gasteiger partial charge >= 0.3 is 0 Å². The average molecular weight is 214 g/mol. The van der Waals surface area contributed by atoms with E-state index in [2.05, 4.69) is 62.3 Å². The first-order valence-corrected chi connectivity index (χ1v) is 6.34. The lowest BCUT2D eigenvalue weighted by atomic mass is 9.77. The molecule has 0 heterocycles. The fourth-order valence-corrected chi connectivity index (χ4v) is 3.14. The predicted octanol–water partition coefficient (Wildman–Crippen LogP) is 5.00. The van der Waals surface area contributed by atoms with Gasteiger partial charge in [-0.05, 0) is 16.1 Å². The molecule has 0 radical (unpaired) electrons. The minimum Gasteiger partial charge on any atom is -0.0983 e. The van der Waals surface area contributed by atoms with Crippen LogP contribution >= 0.6 is 8.20 Å². The van der Waals surface area contributed by atoms with Gasteiger partial charge < -0.3 is 0 Å². The van der Waals surface area contributed by atoms with Gasteiger partial charge in [-0.2, -0.15) is 0 Å². The van der Waals surface area contributed by atoms with Crippen molar-refractivity contribution in [3.63, 3.8) is 0 Å². The maximum Gasteiger partial charge on any atom is 0.00373 e. The fraction of sp³-hybridized carbons (Fsp3) is 0.923. The van der Waals surface area contributed by atoms with Crippen LogP contribution < -0.4 is 0 Å². The molecule has 0 aromatic carbocycles. The van der Waals surface area contributed by atoms with Crippen LogP contribution in [-0.4, -0.2) is 10.4 Å². The Labute approximate surface area is 92.3 Å². The molecule has 0 saturated carbocycles. The van der Waals surface area contributed by atoms with Crippen LogP contribution in [0.2, 0.25) is 0 Å². The summed E-state index contributed by atoms with van der Waals surface area (Å²) in [5.41, 5.74) is 0.625. The van der Waals surface area contributed by atoms with Gasteiger partial charge in [0.25, 0.3) is 0 Å². The SMILES string of the molecule is CC(C)(C)P=C(C(C)(C)C)C(C)(C)C. The maximum atomic E-state index is 2.33. The van der Waals surface area contributed by atoms with Crippen molar-refractivity contribution in [2.75, 3.05) is 0 Å². The van der Waals surface area contributed by atoms with Crippen LogP contribution in [0.15, 0.2) is 0 Å². The molecule has 0 aliphatic rings. The molecule has 0 bridgehead atoms. The fourth-order valence-electron chi connectivity index (χ4n) is 1.80. The minimum absolute atomic E-state index is 0.313. The summed E-state index contributed by atoms with van der Waals surface area (Å²) in [7, 11) is 1.49. The molecule has 0 spiro atoms. The second kappa shape index (κ2) is 3.97. The first kappa shape index (κ1) is 14.2. The van der Waals surface area contributed by atoms with Gasteiger partial charge in [0.2, 0.25) is 0 Å². The van der Waals surface area contributed by atoms with Gasteiger partial charge in [0.15, 0.2) is 0 Å². The molecule has 0 aliphatic heterocycles. The van der Waals surface area contributed by atoms with Gasteiger partial charge in [-0.3, -0.25) is 0 Å². The predicted molar refractivity (Wildman–Crippen MR) is 70.6 cm³/mol. The summed E-state index contributed by atoms with van der Waals surface area (Å²) in [5.74, 6) is 0. The highest BCUT2D eigenvalue weighted by molar-refractivity contribution is 7.42. The third-order valence-electron chi connectivity index (χ3n) is 1.87. The smallest absolute Gasteiger partial charge is 0.00373 e. The topological polar surface area (TPSA) is 0 Å². The Bertz CT molecular complexity index is 199. The summed E-state index contributed by atoms with van der Waals surface area (Å²) < 4.78 is 0. The Morgan fingerprint density at radius 2 is 0.929 bits per heavy atom. The van der Waals surface area contributed by atoms with Crippen molar-refractivity contribution in [2.45, 2.75) is 67.5 Å². The third kappa shape index (κ3) is 5.15. The summed E-state index contributed by atoms with van der Waals surface area (Å²) in [5, 5.41) is 2.02. The van der Waals surface area contributed by atoms with Crippen molar-refractivity contribution >= 4 is 13.5 Å². The molecular weight excluding hydrogens is 187 g/mol. The lowest BCUT2D eigenvalue weighted by Gasteiger charge is -2.35. The number of hydrogen-bond acceptors (Lipinski definition) is 0. The van der Waals surface area contributed by atoms with E-state index in [0.717, 1.165) is 0 Å². The van der Waals surface area contributed by atoms with E-state index in [4.69, 9.17) is 0 Å². The van der Waals surface area contributed by atoms with E-state index in [1.165, 1.54) is 8.20 Å². The Morgan fingerprint density at radius 3 is 1.00 bits per heavy atom. The standard InChI is InChI=1S/C13H27P/c1-11(2,3)10(12(4,5)6)14-13(7,8)9/h1-9H3. The molecule has 0 nitrogen and oxygen atoms in total. The van der Waals surface area contributed by atoms with Gasteiger partial charge in [0.1, 0.15) is 0 Å². The van der Waals surface area contributed by atoms with Crippen molar-refractivity contribution < 1.29 is 0 Å². The molecule has 14 heavy (non-hydrogen) atoms. The molecular formula is C13H27P. The molecule has 0 saturated heterocycles. The van der Waals surface area contributed by atoms with Crippen LogP contribution in [0.4, 0.5) is 0 Å². The highest BCUT2D eigenvalue weighted by Gasteiger charge is 2.29. The first-order chi connectivity index (χ1) is 5.84. The van der Waals surface area contributed by atoms with Gasteiger partial charge in [0, 0.05) is 5.16 Å². The monoisotopic (exact) mass is 214 g/mol. The van der Waals surface area contributed by atoms with Gasteiger partial charge in [-0.15, -0.1) is 0 Å². The molecule has 0 aliphatic carbocycles. The maximum absolute atomic E-state index is 2.33.